The Morgan fingerprint density at radius 1 is 1.41 bits per heavy atom. The predicted octanol–water partition coefficient (Wildman–Crippen LogP) is 3.04. The number of aliphatic hydroxyl groups is 1. The molecule has 0 aliphatic heterocycles. The number of carbonyl (C=O) groups excluding carboxylic acids is 1. The molecule has 2 saturated carbocycles. The Hall–Kier alpha value is -0.370. The van der Waals surface area contributed by atoms with Gasteiger partial charge in [-0.25, -0.2) is 0 Å². The van der Waals surface area contributed by atoms with E-state index in [-0.39, 0.29) is 0 Å². The molecule has 1 N–H and O–H groups in total. The molecule has 2 rings (SSSR count). The van der Waals surface area contributed by atoms with Crippen molar-refractivity contribution in [1.82, 2.24) is 0 Å². The fourth-order valence-electron chi connectivity index (χ4n) is 4.09. The highest BCUT2D eigenvalue weighted by molar-refractivity contribution is 5.80. The van der Waals surface area contributed by atoms with Gasteiger partial charge in [0, 0.05) is 19.4 Å². The van der Waals surface area contributed by atoms with Crippen LogP contribution in [0.15, 0.2) is 0 Å². The Morgan fingerprint density at radius 3 is 2.76 bits per heavy atom. The van der Waals surface area contributed by atoms with Crippen LogP contribution < -0.4 is 0 Å². The molecule has 2 aliphatic rings. The number of fused-ring (bicyclic) bond motifs is 1. The van der Waals surface area contributed by atoms with Crippen molar-refractivity contribution >= 4 is 5.78 Å². The zero-order chi connectivity index (χ0) is 12.6. The zero-order valence-corrected chi connectivity index (χ0v) is 11.4. The minimum atomic E-state index is 0.304. The third-order valence-electron chi connectivity index (χ3n) is 5.75. The van der Waals surface area contributed by atoms with Crippen LogP contribution in [-0.2, 0) is 4.79 Å². The fraction of sp³-hybridized carbons (Fsp3) is 0.933. The van der Waals surface area contributed by atoms with Crippen LogP contribution in [0.25, 0.3) is 0 Å². The van der Waals surface area contributed by atoms with Crippen LogP contribution in [0.5, 0.6) is 0 Å². The van der Waals surface area contributed by atoms with Crippen molar-refractivity contribution in [1.29, 1.82) is 0 Å². The fourth-order valence-corrected chi connectivity index (χ4v) is 4.09. The number of hydrogen-bond donors (Lipinski definition) is 1. The van der Waals surface area contributed by atoms with E-state index in [1.165, 1.54) is 19.3 Å². The first-order chi connectivity index (χ1) is 7.97. The van der Waals surface area contributed by atoms with E-state index in [1.807, 2.05) is 0 Å². The van der Waals surface area contributed by atoms with Crippen molar-refractivity contribution in [3.05, 3.63) is 0 Å². The second-order valence-corrected chi connectivity index (χ2v) is 6.75. The molecule has 0 aromatic rings. The van der Waals surface area contributed by atoms with E-state index in [4.69, 9.17) is 0 Å². The van der Waals surface area contributed by atoms with Gasteiger partial charge in [-0.05, 0) is 48.3 Å². The molecular weight excluding hydrogens is 212 g/mol. The van der Waals surface area contributed by atoms with E-state index in [0.29, 0.717) is 41.5 Å². The molecule has 0 aromatic carbocycles. The first kappa shape index (κ1) is 13.1. The van der Waals surface area contributed by atoms with Gasteiger partial charge in [-0.15, -0.1) is 0 Å². The normalized spacial score (nSPS) is 44.2. The molecule has 2 fully saturated rings. The van der Waals surface area contributed by atoms with E-state index in [2.05, 4.69) is 20.8 Å². The Kier molecular flexibility index (Phi) is 3.63. The van der Waals surface area contributed by atoms with Crippen LogP contribution in [-0.4, -0.2) is 17.5 Å². The van der Waals surface area contributed by atoms with Gasteiger partial charge in [-0.1, -0.05) is 20.8 Å². The lowest BCUT2D eigenvalue weighted by molar-refractivity contribution is -0.131. The van der Waals surface area contributed by atoms with Gasteiger partial charge in [0.25, 0.3) is 0 Å². The summed E-state index contributed by atoms with van der Waals surface area (Å²) in [7, 11) is 0. The van der Waals surface area contributed by atoms with E-state index in [9.17, 15) is 9.90 Å². The molecule has 0 radical (unpaired) electrons. The lowest BCUT2D eigenvalue weighted by Gasteiger charge is -2.52. The third kappa shape index (κ3) is 2.29. The van der Waals surface area contributed by atoms with Crippen molar-refractivity contribution < 1.29 is 9.90 Å². The van der Waals surface area contributed by atoms with Gasteiger partial charge in [0.05, 0.1) is 0 Å². The topological polar surface area (TPSA) is 37.3 Å². The number of carbonyl (C=O) groups is 1. The van der Waals surface area contributed by atoms with E-state index in [1.54, 1.807) is 0 Å². The monoisotopic (exact) mass is 238 g/mol. The van der Waals surface area contributed by atoms with Gasteiger partial charge in [0.15, 0.2) is 0 Å². The van der Waals surface area contributed by atoms with Crippen LogP contribution in [0, 0.1) is 29.1 Å². The molecule has 98 valence electrons. The molecule has 5 atom stereocenters. The van der Waals surface area contributed by atoms with Gasteiger partial charge in [-0.3, -0.25) is 4.79 Å². The molecule has 17 heavy (non-hydrogen) atoms. The van der Waals surface area contributed by atoms with E-state index >= 15 is 0 Å². The maximum absolute atomic E-state index is 11.7. The van der Waals surface area contributed by atoms with Crippen molar-refractivity contribution in [2.24, 2.45) is 29.1 Å². The quantitative estimate of drug-likeness (QED) is 0.803. The Balaban J connectivity index is 2.13. The number of ketones is 1. The Morgan fingerprint density at radius 2 is 2.12 bits per heavy atom. The number of rotatable bonds is 2. The standard InChI is InChI=1S/C15H26O2/c1-10(9-16)12-4-5-13-7-14(17)6-11(2)15(13,3)8-12/h10-13,16H,4-9H2,1-3H3/t10?,11-,12-,13+,15+/m1/s1. The number of hydrogen-bond acceptors (Lipinski definition) is 2. The molecule has 0 saturated heterocycles. The number of Topliss-reactive ketones (excluding diaryl/α,β-unsaturated/α-hetero) is 1. The first-order valence-electron chi connectivity index (χ1n) is 7.10. The molecule has 2 heteroatoms. The van der Waals surface area contributed by atoms with Crippen LogP contribution in [0.2, 0.25) is 0 Å². The highest BCUT2D eigenvalue weighted by Gasteiger charge is 2.48. The minimum absolute atomic E-state index is 0.304. The van der Waals surface area contributed by atoms with Crippen molar-refractivity contribution in [3.8, 4) is 0 Å². The molecular formula is C15H26O2. The van der Waals surface area contributed by atoms with Gasteiger partial charge >= 0.3 is 0 Å². The Labute approximate surface area is 105 Å². The molecule has 2 nitrogen and oxygen atoms in total. The molecule has 0 bridgehead atoms. The van der Waals surface area contributed by atoms with Crippen LogP contribution >= 0.6 is 0 Å². The smallest absolute Gasteiger partial charge is 0.133 e. The molecule has 0 aromatic heterocycles. The summed E-state index contributed by atoms with van der Waals surface area (Å²) in [5, 5.41) is 9.32. The summed E-state index contributed by atoms with van der Waals surface area (Å²) in [6, 6.07) is 0. The second kappa shape index (κ2) is 4.72. The lowest BCUT2D eigenvalue weighted by Crippen LogP contribution is -2.46. The maximum atomic E-state index is 11.7. The molecule has 0 spiro atoms. The van der Waals surface area contributed by atoms with Crippen LogP contribution in [0.3, 0.4) is 0 Å². The van der Waals surface area contributed by atoms with E-state index in [0.717, 1.165) is 12.8 Å². The maximum Gasteiger partial charge on any atom is 0.133 e. The lowest BCUT2D eigenvalue weighted by atomic mass is 9.53. The average Bonchev–Trinajstić information content (AvgIpc) is 2.29. The summed E-state index contributed by atoms with van der Waals surface area (Å²) in [6.45, 7) is 7.09. The summed E-state index contributed by atoms with van der Waals surface area (Å²) in [6.07, 6.45) is 5.16. The van der Waals surface area contributed by atoms with Gasteiger partial charge in [0.2, 0.25) is 0 Å². The van der Waals surface area contributed by atoms with Gasteiger partial charge in [-0.2, -0.15) is 0 Å². The predicted molar refractivity (Wildman–Crippen MR) is 68.6 cm³/mol. The Bertz CT molecular complexity index is 299. The van der Waals surface area contributed by atoms with Crippen LogP contribution in [0.4, 0.5) is 0 Å². The van der Waals surface area contributed by atoms with Crippen molar-refractivity contribution in [3.63, 3.8) is 0 Å². The zero-order valence-electron chi connectivity index (χ0n) is 11.4. The summed E-state index contributed by atoms with van der Waals surface area (Å²) < 4.78 is 0. The number of aliphatic hydroxyl groups excluding tert-OH is 1. The summed E-state index contributed by atoms with van der Waals surface area (Å²) in [5.41, 5.74) is 0.334. The summed E-state index contributed by atoms with van der Waals surface area (Å²) in [4.78, 5) is 11.7. The first-order valence-corrected chi connectivity index (χ1v) is 7.10. The van der Waals surface area contributed by atoms with Gasteiger partial charge < -0.3 is 5.11 Å². The SMILES string of the molecule is CC(CO)[C@@H]1CC[C@H]2CC(=O)C[C@@H](C)[C@]2(C)C1. The van der Waals surface area contributed by atoms with Crippen LogP contribution in [0.1, 0.15) is 52.9 Å². The van der Waals surface area contributed by atoms with E-state index < -0.39 is 0 Å². The highest BCUT2D eigenvalue weighted by Crippen LogP contribution is 2.54. The summed E-state index contributed by atoms with van der Waals surface area (Å²) >= 11 is 0. The van der Waals surface area contributed by atoms with Crippen molar-refractivity contribution in [2.75, 3.05) is 6.61 Å². The molecule has 2 aliphatic carbocycles. The molecule has 1 unspecified atom stereocenters. The highest BCUT2D eigenvalue weighted by atomic mass is 16.3. The molecule has 0 amide bonds. The van der Waals surface area contributed by atoms with Crippen molar-refractivity contribution in [2.45, 2.75) is 52.9 Å². The largest absolute Gasteiger partial charge is 0.396 e. The molecule has 0 heterocycles. The minimum Gasteiger partial charge on any atom is -0.396 e. The summed E-state index contributed by atoms with van der Waals surface area (Å²) in [5.74, 6) is 2.64. The van der Waals surface area contributed by atoms with Gasteiger partial charge in [0.1, 0.15) is 5.78 Å². The second-order valence-electron chi connectivity index (χ2n) is 6.75. The third-order valence-corrected chi connectivity index (χ3v) is 5.75. The average molecular weight is 238 g/mol.